The average Bonchev–Trinajstić information content (AvgIpc) is 3.01. The Morgan fingerprint density at radius 1 is 0.884 bits per heavy atom. The number of nitrogens with zero attached hydrogens (tertiary/aromatic N) is 3. The van der Waals surface area contributed by atoms with E-state index in [1.807, 2.05) is 67.6 Å². The lowest BCUT2D eigenvalue weighted by molar-refractivity contribution is 0.410. The van der Waals surface area contributed by atoms with E-state index in [0.29, 0.717) is 34.5 Å². The molecule has 1 aliphatic rings. The summed E-state index contributed by atoms with van der Waals surface area (Å²) in [7, 11) is -3.66. The van der Waals surface area contributed by atoms with Gasteiger partial charge in [-0.3, -0.25) is 4.72 Å². The number of hydrogen-bond acceptors (Lipinski definition) is 8. The molecule has 43 heavy (non-hydrogen) atoms. The minimum atomic E-state index is -3.66. The number of nitrogens with two attached hydrogens (primary N) is 1. The van der Waals surface area contributed by atoms with Crippen LogP contribution in [-0.2, 0) is 15.8 Å². The second-order valence-electron chi connectivity index (χ2n) is 10.9. The van der Waals surface area contributed by atoms with E-state index in [9.17, 15) is 8.42 Å². The average molecular weight is 595 g/mol. The first kappa shape index (κ1) is 28.6. The lowest BCUT2D eigenvalue weighted by atomic mass is 9.92. The number of aryl methyl sites for hydroxylation is 1. The smallest absolute Gasteiger partial charge is 0.236 e. The molecule has 0 saturated heterocycles. The Bertz CT molecular complexity index is 1840. The summed E-state index contributed by atoms with van der Waals surface area (Å²) in [4.78, 5) is 13.8. The highest BCUT2D eigenvalue weighted by Crippen LogP contribution is 2.40. The Morgan fingerprint density at radius 2 is 1.63 bits per heavy atom. The molecule has 2 heterocycles. The topological polar surface area (TPSA) is 132 Å². The third-order valence-corrected chi connectivity index (χ3v) is 8.90. The van der Waals surface area contributed by atoms with Crippen molar-refractivity contribution < 1.29 is 13.2 Å². The molecule has 0 spiro atoms. The predicted molar refractivity (Wildman–Crippen MR) is 171 cm³/mol. The number of ether oxygens (including phenoxy) is 1. The highest BCUT2D eigenvalue weighted by atomic mass is 32.2. The normalized spacial score (nSPS) is 17.0. The summed E-state index contributed by atoms with van der Waals surface area (Å²) >= 11 is 0. The van der Waals surface area contributed by atoms with Crippen molar-refractivity contribution in [3.63, 3.8) is 0 Å². The van der Waals surface area contributed by atoms with Crippen LogP contribution in [0.3, 0.4) is 0 Å². The van der Waals surface area contributed by atoms with Gasteiger partial charge in [0.05, 0.1) is 22.7 Å². The van der Waals surface area contributed by atoms with E-state index in [-0.39, 0.29) is 17.8 Å². The van der Waals surface area contributed by atoms with Gasteiger partial charge in [-0.1, -0.05) is 54.6 Å². The number of fused-ring (bicyclic) bond motifs is 1. The quantitative estimate of drug-likeness (QED) is 0.178. The van der Waals surface area contributed by atoms with Crippen molar-refractivity contribution in [1.82, 2.24) is 15.0 Å². The first-order valence-corrected chi connectivity index (χ1v) is 16.0. The number of nitrogens with one attached hydrogen (secondary N) is 2. The van der Waals surface area contributed by atoms with E-state index in [4.69, 9.17) is 15.5 Å². The molecule has 9 nitrogen and oxygen atoms in total. The van der Waals surface area contributed by atoms with E-state index in [0.717, 1.165) is 47.6 Å². The Kier molecular flexibility index (Phi) is 8.22. The molecule has 1 saturated carbocycles. The molecule has 0 unspecified atom stereocenters. The number of anilines is 2. The van der Waals surface area contributed by atoms with Gasteiger partial charge >= 0.3 is 0 Å². The van der Waals surface area contributed by atoms with E-state index in [2.05, 4.69) is 20.0 Å². The van der Waals surface area contributed by atoms with Gasteiger partial charge in [-0.15, -0.1) is 0 Å². The molecule has 10 heteroatoms. The molecule has 0 radical (unpaired) electrons. The highest BCUT2D eigenvalue weighted by Gasteiger charge is 2.21. The number of rotatable bonds is 9. The van der Waals surface area contributed by atoms with Crippen LogP contribution in [0.25, 0.3) is 22.0 Å². The summed E-state index contributed by atoms with van der Waals surface area (Å²) in [5.74, 6) is 1.41. The molecule has 5 aromatic rings. The fourth-order valence-electron chi connectivity index (χ4n) is 5.49. The summed E-state index contributed by atoms with van der Waals surface area (Å²) in [6.07, 6.45) is 7.35. The van der Waals surface area contributed by atoms with Crippen LogP contribution in [0.2, 0.25) is 0 Å². The van der Waals surface area contributed by atoms with E-state index < -0.39 is 10.0 Å². The van der Waals surface area contributed by atoms with Gasteiger partial charge in [-0.2, -0.15) is 0 Å². The molecule has 0 atom stereocenters. The number of aromatic nitrogens is 3. The summed E-state index contributed by atoms with van der Waals surface area (Å²) in [6.45, 7) is 1.89. The molecule has 4 N–H and O–H groups in total. The monoisotopic (exact) mass is 594 g/mol. The number of hydrogen-bond donors (Lipinski definition) is 3. The maximum atomic E-state index is 13.1. The van der Waals surface area contributed by atoms with Crippen LogP contribution in [0.4, 0.5) is 11.6 Å². The summed E-state index contributed by atoms with van der Waals surface area (Å²) in [6, 6.07) is 24.6. The summed E-state index contributed by atoms with van der Waals surface area (Å²) in [5, 5.41) is 4.94. The largest absolute Gasteiger partial charge is 0.437 e. The van der Waals surface area contributed by atoms with Gasteiger partial charge in [0.1, 0.15) is 5.75 Å². The van der Waals surface area contributed by atoms with Crippen molar-refractivity contribution in [2.45, 2.75) is 50.4 Å². The zero-order valence-corrected chi connectivity index (χ0v) is 24.7. The summed E-state index contributed by atoms with van der Waals surface area (Å²) in [5.41, 5.74) is 9.43. The van der Waals surface area contributed by atoms with E-state index in [1.54, 1.807) is 30.6 Å². The number of pyridine rings is 1. The fraction of sp³-hybridized carbons (Fsp3) is 0.242. The van der Waals surface area contributed by atoms with Crippen LogP contribution in [0, 0.1) is 6.92 Å². The zero-order chi connectivity index (χ0) is 29.8. The van der Waals surface area contributed by atoms with Crippen molar-refractivity contribution >= 4 is 32.4 Å². The molecular weight excluding hydrogens is 560 g/mol. The Morgan fingerprint density at radius 3 is 2.42 bits per heavy atom. The van der Waals surface area contributed by atoms with Crippen molar-refractivity contribution in [2.75, 3.05) is 10.0 Å². The maximum Gasteiger partial charge on any atom is 0.236 e. The minimum Gasteiger partial charge on any atom is -0.437 e. The van der Waals surface area contributed by atoms with Crippen molar-refractivity contribution in [2.24, 2.45) is 5.73 Å². The van der Waals surface area contributed by atoms with E-state index >= 15 is 0 Å². The molecule has 6 rings (SSSR count). The summed E-state index contributed by atoms with van der Waals surface area (Å²) < 4.78 is 35.5. The lowest BCUT2D eigenvalue weighted by Gasteiger charge is -2.26. The Hall–Kier alpha value is -4.54. The van der Waals surface area contributed by atoms with Gasteiger partial charge in [0.2, 0.25) is 21.9 Å². The van der Waals surface area contributed by atoms with Crippen molar-refractivity contribution in [3.05, 3.63) is 102 Å². The van der Waals surface area contributed by atoms with Gasteiger partial charge in [0.15, 0.2) is 0 Å². The third kappa shape index (κ3) is 6.76. The molecule has 3 aromatic carbocycles. The van der Waals surface area contributed by atoms with E-state index in [1.165, 1.54) is 0 Å². The highest BCUT2D eigenvalue weighted by molar-refractivity contribution is 7.91. The van der Waals surface area contributed by atoms with Crippen molar-refractivity contribution in [3.8, 4) is 22.9 Å². The lowest BCUT2D eigenvalue weighted by Crippen LogP contribution is -2.33. The molecule has 0 aliphatic heterocycles. The molecule has 1 aliphatic carbocycles. The van der Waals surface area contributed by atoms with Gasteiger partial charge in [-0.25, -0.2) is 23.4 Å². The third-order valence-electron chi connectivity index (χ3n) is 7.65. The van der Waals surface area contributed by atoms with Crippen LogP contribution in [0.5, 0.6) is 11.6 Å². The standard InChI is InChI=1S/C33H34N6O3S/c1-22-20-30(39-43(40,41)21-23-8-3-2-4-9-23)26-10-5-6-11-27(26)31(22)42-32-28(12-7-18-35-32)29-17-19-36-33(38-29)37-25-15-13-24(34)14-16-25/h2-12,17-20,24-25,39H,13-16,21,34H2,1H3,(H,36,37,38)/t24-,25-. The second-order valence-corrected chi connectivity index (χ2v) is 12.7. The molecule has 0 amide bonds. The van der Waals surface area contributed by atoms with Crippen LogP contribution in [-0.4, -0.2) is 35.5 Å². The molecule has 2 aromatic heterocycles. The van der Waals surface area contributed by atoms with Gasteiger partial charge in [0.25, 0.3) is 0 Å². The first-order valence-electron chi connectivity index (χ1n) is 14.4. The van der Waals surface area contributed by atoms with Crippen LogP contribution in [0.1, 0.15) is 36.8 Å². The maximum absolute atomic E-state index is 13.1. The fourth-order valence-corrected chi connectivity index (χ4v) is 6.70. The predicted octanol–water partition coefficient (Wildman–Crippen LogP) is 6.42. The Labute approximate surface area is 251 Å². The first-order chi connectivity index (χ1) is 20.8. The van der Waals surface area contributed by atoms with Gasteiger partial charge in [0, 0.05) is 35.2 Å². The van der Waals surface area contributed by atoms with Crippen LogP contribution in [0.15, 0.2) is 91.3 Å². The van der Waals surface area contributed by atoms with Crippen LogP contribution < -0.4 is 20.5 Å². The van der Waals surface area contributed by atoms with Crippen molar-refractivity contribution in [1.29, 1.82) is 0 Å². The SMILES string of the molecule is Cc1cc(NS(=O)(=O)Cc2ccccc2)c2ccccc2c1Oc1ncccc1-c1ccnc(N[C@H]2CC[C@H](N)CC2)n1. The molecule has 220 valence electrons. The molecule has 1 fully saturated rings. The van der Waals surface area contributed by atoms with Gasteiger partial charge in [-0.05, 0) is 68.0 Å². The zero-order valence-electron chi connectivity index (χ0n) is 23.9. The Balaban J connectivity index is 1.29. The second kappa shape index (κ2) is 12.4. The number of benzene rings is 3. The molecule has 0 bridgehead atoms. The minimum absolute atomic E-state index is 0.124. The van der Waals surface area contributed by atoms with Crippen LogP contribution >= 0.6 is 0 Å². The van der Waals surface area contributed by atoms with Gasteiger partial charge < -0.3 is 15.8 Å². The molecular formula is C33H34N6O3S. The number of sulfonamides is 1.